The molecule has 1 heterocycles. The number of likely N-dealkylation sites (N-methyl/N-ethyl adjacent to an activating group) is 1. The lowest BCUT2D eigenvalue weighted by Crippen LogP contribution is -2.42. The Morgan fingerprint density at radius 2 is 2.00 bits per heavy atom. The lowest BCUT2D eigenvalue weighted by atomic mass is 10.1. The molecule has 0 aromatic heterocycles. The van der Waals surface area contributed by atoms with Gasteiger partial charge in [0.05, 0.1) is 0 Å². The number of nitrogens with two attached hydrogens (primary N) is 1. The van der Waals surface area contributed by atoms with Gasteiger partial charge in [-0.25, -0.2) is 0 Å². The van der Waals surface area contributed by atoms with Crippen LogP contribution in [0.4, 0.5) is 5.69 Å². The van der Waals surface area contributed by atoms with Gasteiger partial charge in [-0.1, -0.05) is 15.9 Å². The second kappa shape index (κ2) is 6.73. The van der Waals surface area contributed by atoms with E-state index in [1.165, 1.54) is 12.1 Å². The molecule has 1 aromatic carbocycles. The maximum absolute atomic E-state index is 5.76. The van der Waals surface area contributed by atoms with Crippen LogP contribution in [-0.4, -0.2) is 43.7 Å². The van der Waals surface area contributed by atoms with Gasteiger partial charge in [-0.15, -0.1) is 0 Å². The van der Waals surface area contributed by atoms with Crippen LogP contribution < -0.4 is 10.6 Å². The lowest BCUT2D eigenvalue weighted by molar-refractivity contribution is 0.250. The smallest absolute Gasteiger partial charge is 0.0369 e. The van der Waals surface area contributed by atoms with Gasteiger partial charge in [0.25, 0.3) is 0 Å². The molecule has 2 rings (SSSR count). The Hall–Kier alpha value is -0.580. The van der Waals surface area contributed by atoms with Crippen LogP contribution in [0.5, 0.6) is 0 Å². The molecule has 1 aliphatic heterocycles. The number of halogens is 1. The molecule has 4 heteroatoms. The molecule has 19 heavy (non-hydrogen) atoms. The van der Waals surface area contributed by atoms with Gasteiger partial charge < -0.3 is 15.5 Å². The molecule has 2 atom stereocenters. The normalized spacial score (nSPS) is 25.4. The maximum atomic E-state index is 5.76. The minimum atomic E-state index is 0.554. The first-order valence-electron chi connectivity index (χ1n) is 7.04. The number of nitrogens with zero attached hydrogens (tertiary/aromatic N) is 2. The molecule has 0 aliphatic carbocycles. The fourth-order valence-corrected chi connectivity index (χ4v) is 3.04. The van der Waals surface area contributed by atoms with Crippen LogP contribution in [0.25, 0.3) is 0 Å². The largest absolute Gasteiger partial charge is 0.367 e. The van der Waals surface area contributed by atoms with Crippen molar-refractivity contribution >= 4 is 21.6 Å². The van der Waals surface area contributed by atoms with Gasteiger partial charge in [0.2, 0.25) is 0 Å². The fraction of sp³-hybridized carbons (Fsp3) is 0.600. The SMILES string of the molecule is CC1CCN(C)C(CCN)CN1c1ccc(Br)cc1. The van der Waals surface area contributed by atoms with Crippen LogP contribution in [0.1, 0.15) is 19.8 Å². The van der Waals surface area contributed by atoms with E-state index in [-0.39, 0.29) is 0 Å². The molecule has 1 fully saturated rings. The van der Waals surface area contributed by atoms with E-state index in [0.29, 0.717) is 12.1 Å². The van der Waals surface area contributed by atoms with Crippen LogP contribution >= 0.6 is 15.9 Å². The van der Waals surface area contributed by atoms with Gasteiger partial charge in [-0.2, -0.15) is 0 Å². The van der Waals surface area contributed by atoms with Crippen LogP contribution in [-0.2, 0) is 0 Å². The Morgan fingerprint density at radius 1 is 1.32 bits per heavy atom. The quantitative estimate of drug-likeness (QED) is 0.927. The number of hydrogen-bond acceptors (Lipinski definition) is 3. The summed E-state index contributed by atoms with van der Waals surface area (Å²) < 4.78 is 1.13. The third kappa shape index (κ3) is 3.71. The summed E-state index contributed by atoms with van der Waals surface area (Å²) in [5.74, 6) is 0. The van der Waals surface area contributed by atoms with Crippen LogP contribution in [0.15, 0.2) is 28.7 Å². The molecule has 1 aromatic rings. The molecule has 3 nitrogen and oxygen atoms in total. The van der Waals surface area contributed by atoms with Gasteiger partial charge in [0.1, 0.15) is 0 Å². The molecule has 0 amide bonds. The fourth-order valence-electron chi connectivity index (χ4n) is 2.77. The van der Waals surface area contributed by atoms with Gasteiger partial charge in [-0.05, 0) is 57.6 Å². The predicted octanol–water partition coefficient (Wildman–Crippen LogP) is 2.70. The van der Waals surface area contributed by atoms with Crippen molar-refractivity contribution in [3.63, 3.8) is 0 Å². The zero-order valence-corrected chi connectivity index (χ0v) is 13.4. The Labute approximate surface area is 124 Å². The van der Waals surface area contributed by atoms with E-state index in [9.17, 15) is 0 Å². The highest BCUT2D eigenvalue weighted by atomic mass is 79.9. The minimum absolute atomic E-state index is 0.554. The monoisotopic (exact) mass is 325 g/mol. The van der Waals surface area contributed by atoms with Crippen molar-refractivity contribution in [3.8, 4) is 0 Å². The van der Waals surface area contributed by atoms with Crippen molar-refractivity contribution in [2.75, 3.05) is 31.6 Å². The molecule has 1 saturated heterocycles. The molecule has 2 unspecified atom stereocenters. The molecule has 1 aliphatic rings. The molecular weight excluding hydrogens is 302 g/mol. The van der Waals surface area contributed by atoms with E-state index in [0.717, 1.165) is 30.5 Å². The van der Waals surface area contributed by atoms with E-state index in [1.54, 1.807) is 0 Å². The van der Waals surface area contributed by atoms with E-state index >= 15 is 0 Å². The summed E-state index contributed by atoms with van der Waals surface area (Å²) in [7, 11) is 2.22. The highest BCUT2D eigenvalue weighted by molar-refractivity contribution is 9.10. The summed E-state index contributed by atoms with van der Waals surface area (Å²) in [6, 6.07) is 9.77. The zero-order valence-electron chi connectivity index (χ0n) is 11.8. The summed E-state index contributed by atoms with van der Waals surface area (Å²) in [6.45, 7) is 5.30. The molecule has 2 N–H and O–H groups in total. The second-order valence-corrected chi connectivity index (χ2v) is 6.39. The molecule has 0 spiro atoms. The van der Waals surface area contributed by atoms with Crippen molar-refractivity contribution in [3.05, 3.63) is 28.7 Å². The Kier molecular flexibility index (Phi) is 5.25. The second-order valence-electron chi connectivity index (χ2n) is 5.48. The molecular formula is C15H24BrN3. The first kappa shape index (κ1) is 14.8. The van der Waals surface area contributed by atoms with Gasteiger partial charge in [-0.3, -0.25) is 0 Å². The minimum Gasteiger partial charge on any atom is -0.367 e. The third-order valence-electron chi connectivity index (χ3n) is 4.12. The average Bonchev–Trinajstić information content (AvgIpc) is 2.54. The van der Waals surface area contributed by atoms with E-state index in [1.807, 2.05) is 0 Å². The van der Waals surface area contributed by atoms with Crippen molar-refractivity contribution in [2.45, 2.75) is 31.8 Å². The van der Waals surface area contributed by atoms with Gasteiger partial charge in [0, 0.05) is 35.3 Å². The van der Waals surface area contributed by atoms with Crippen LogP contribution in [0.3, 0.4) is 0 Å². The van der Waals surface area contributed by atoms with Gasteiger partial charge >= 0.3 is 0 Å². The molecule has 0 bridgehead atoms. The highest BCUT2D eigenvalue weighted by Gasteiger charge is 2.26. The summed E-state index contributed by atoms with van der Waals surface area (Å²) >= 11 is 3.50. The number of hydrogen-bond donors (Lipinski definition) is 1. The van der Waals surface area contributed by atoms with Crippen LogP contribution in [0.2, 0.25) is 0 Å². The summed E-state index contributed by atoms with van der Waals surface area (Å²) in [6.07, 6.45) is 2.27. The average molecular weight is 326 g/mol. The maximum Gasteiger partial charge on any atom is 0.0369 e. The Balaban J connectivity index is 2.18. The summed E-state index contributed by atoms with van der Waals surface area (Å²) in [5.41, 5.74) is 7.07. The Bertz CT molecular complexity index is 393. The highest BCUT2D eigenvalue weighted by Crippen LogP contribution is 2.25. The van der Waals surface area contributed by atoms with Crippen molar-refractivity contribution in [1.82, 2.24) is 4.90 Å². The topological polar surface area (TPSA) is 32.5 Å². The van der Waals surface area contributed by atoms with Crippen molar-refractivity contribution < 1.29 is 0 Å². The zero-order chi connectivity index (χ0) is 13.8. The standard InChI is InChI=1S/C15H24BrN3/c1-12-8-10-18(2)15(7-9-17)11-19(12)14-5-3-13(16)4-6-14/h3-6,12,15H,7-11,17H2,1-2H3. The Morgan fingerprint density at radius 3 is 2.63 bits per heavy atom. The van der Waals surface area contributed by atoms with Crippen LogP contribution in [0, 0.1) is 0 Å². The lowest BCUT2D eigenvalue weighted by Gasteiger charge is -2.32. The summed E-state index contributed by atoms with van der Waals surface area (Å²) in [4.78, 5) is 4.98. The van der Waals surface area contributed by atoms with E-state index in [4.69, 9.17) is 5.73 Å². The first-order valence-corrected chi connectivity index (χ1v) is 7.83. The number of rotatable bonds is 3. The molecule has 0 radical (unpaired) electrons. The molecule has 106 valence electrons. The number of anilines is 1. The van der Waals surface area contributed by atoms with Crippen molar-refractivity contribution in [1.29, 1.82) is 0 Å². The summed E-state index contributed by atoms with van der Waals surface area (Å²) in [5, 5.41) is 0. The van der Waals surface area contributed by atoms with E-state index in [2.05, 4.69) is 64.0 Å². The number of benzene rings is 1. The third-order valence-corrected chi connectivity index (χ3v) is 4.65. The first-order chi connectivity index (χ1) is 9.11. The molecule has 0 saturated carbocycles. The predicted molar refractivity (Wildman–Crippen MR) is 85.7 cm³/mol. The van der Waals surface area contributed by atoms with Crippen molar-refractivity contribution in [2.24, 2.45) is 5.73 Å². The van der Waals surface area contributed by atoms with Gasteiger partial charge in [0.15, 0.2) is 0 Å². The van der Waals surface area contributed by atoms with E-state index < -0.39 is 0 Å².